The Hall–Kier alpha value is -3.29. The van der Waals surface area contributed by atoms with Gasteiger partial charge in [0.2, 0.25) is 5.91 Å². The van der Waals surface area contributed by atoms with E-state index in [0.717, 1.165) is 5.56 Å². The number of carbonyl (C=O) groups is 1. The third-order valence-corrected chi connectivity index (χ3v) is 6.38. The van der Waals surface area contributed by atoms with E-state index >= 15 is 0 Å². The van der Waals surface area contributed by atoms with E-state index in [1.165, 1.54) is 24.3 Å². The third kappa shape index (κ3) is 3.98. The standard InChI is InChI=1S/C26H23F2NO4/c27-19-5-3-18(4-6-19)26(32-15-16-33-26)14-13-23-24(17-1-11-22(30)12-2-17)29(25(23)31)21-9-7-20(28)8-10-21/h1-12,23-24,30H,13-16H2. The summed E-state index contributed by atoms with van der Waals surface area (Å²) in [5.74, 6) is -2.04. The molecule has 2 aliphatic rings. The van der Waals surface area contributed by atoms with E-state index in [1.54, 1.807) is 53.4 Å². The molecule has 2 unspecified atom stereocenters. The first-order chi connectivity index (χ1) is 16.0. The molecule has 2 aliphatic heterocycles. The van der Waals surface area contributed by atoms with Crippen molar-refractivity contribution in [1.29, 1.82) is 0 Å². The van der Waals surface area contributed by atoms with Gasteiger partial charge in [0.05, 0.1) is 25.2 Å². The molecule has 1 amide bonds. The Balaban J connectivity index is 1.42. The van der Waals surface area contributed by atoms with Gasteiger partial charge in [0, 0.05) is 17.7 Å². The second kappa shape index (κ2) is 8.57. The minimum atomic E-state index is -1.02. The van der Waals surface area contributed by atoms with Gasteiger partial charge in [0.1, 0.15) is 17.4 Å². The van der Waals surface area contributed by atoms with Gasteiger partial charge in [0.25, 0.3) is 0 Å². The lowest BCUT2D eigenvalue weighted by molar-refractivity contribution is -0.175. The van der Waals surface area contributed by atoms with Crippen molar-refractivity contribution in [1.82, 2.24) is 0 Å². The number of halogens is 2. The van der Waals surface area contributed by atoms with Crippen LogP contribution in [0.3, 0.4) is 0 Å². The van der Waals surface area contributed by atoms with Crippen LogP contribution < -0.4 is 4.90 Å². The molecule has 0 radical (unpaired) electrons. The normalized spacial score (nSPS) is 21.8. The van der Waals surface area contributed by atoms with Crippen LogP contribution in [0.5, 0.6) is 5.75 Å². The molecule has 2 fully saturated rings. The highest BCUT2D eigenvalue weighted by atomic mass is 19.1. The molecule has 3 aromatic carbocycles. The summed E-state index contributed by atoms with van der Waals surface area (Å²) in [6.45, 7) is 0.832. The molecule has 33 heavy (non-hydrogen) atoms. The van der Waals surface area contributed by atoms with Crippen molar-refractivity contribution in [3.05, 3.63) is 95.6 Å². The van der Waals surface area contributed by atoms with Gasteiger partial charge in [-0.1, -0.05) is 24.3 Å². The van der Waals surface area contributed by atoms with Gasteiger partial charge < -0.3 is 19.5 Å². The number of benzene rings is 3. The number of aromatic hydroxyl groups is 1. The number of hydrogen-bond acceptors (Lipinski definition) is 4. The Bertz CT molecular complexity index is 1130. The molecule has 0 aliphatic carbocycles. The van der Waals surface area contributed by atoms with E-state index in [-0.39, 0.29) is 35.3 Å². The lowest BCUT2D eigenvalue weighted by Gasteiger charge is -2.48. The molecule has 2 atom stereocenters. The highest BCUT2D eigenvalue weighted by Gasteiger charge is 2.50. The topological polar surface area (TPSA) is 59.0 Å². The van der Waals surface area contributed by atoms with Crippen molar-refractivity contribution in [3.8, 4) is 5.75 Å². The molecular weight excluding hydrogens is 428 g/mol. The van der Waals surface area contributed by atoms with Crippen LogP contribution in [0.4, 0.5) is 14.5 Å². The van der Waals surface area contributed by atoms with E-state index in [1.807, 2.05) is 0 Å². The predicted molar refractivity (Wildman–Crippen MR) is 117 cm³/mol. The van der Waals surface area contributed by atoms with Gasteiger partial charge in [-0.25, -0.2) is 8.78 Å². The zero-order chi connectivity index (χ0) is 23.0. The van der Waals surface area contributed by atoms with Gasteiger partial charge in [-0.2, -0.15) is 0 Å². The zero-order valence-electron chi connectivity index (χ0n) is 17.8. The molecule has 170 valence electrons. The van der Waals surface area contributed by atoms with Gasteiger partial charge in [-0.15, -0.1) is 0 Å². The maximum absolute atomic E-state index is 13.5. The summed E-state index contributed by atoms with van der Waals surface area (Å²) >= 11 is 0. The molecule has 3 aromatic rings. The van der Waals surface area contributed by atoms with Crippen LogP contribution >= 0.6 is 0 Å². The second-order valence-electron chi connectivity index (χ2n) is 8.32. The highest BCUT2D eigenvalue weighted by Crippen LogP contribution is 2.48. The number of rotatable bonds is 6. The molecular formula is C26H23F2NO4. The van der Waals surface area contributed by atoms with Crippen molar-refractivity contribution < 1.29 is 28.2 Å². The average Bonchev–Trinajstić information content (AvgIpc) is 3.30. The smallest absolute Gasteiger partial charge is 0.233 e. The van der Waals surface area contributed by atoms with E-state index in [9.17, 15) is 18.7 Å². The fraction of sp³-hybridized carbons (Fsp3) is 0.269. The van der Waals surface area contributed by atoms with Crippen LogP contribution in [0.2, 0.25) is 0 Å². The zero-order valence-corrected chi connectivity index (χ0v) is 17.8. The van der Waals surface area contributed by atoms with Crippen molar-refractivity contribution in [3.63, 3.8) is 0 Å². The van der Waals surface area contributed by atoms with Crippen LogP contribution in [-0.4, -0.2) is 24.2 Å². The van der Waals surface area contributed by atoms with Crippen molar-refractivity contribution in [2.24, 2.45) is 5.92 Å². The monoisotopic (exact) mass is 451 g/mol. The van der Waals surface area contributed by atoms with Gasteiger partial charge in [0.15, 0.2) is 5.79 Å². The van der Waals surface area contributed by atoms with Crippen LogP contribution in [0.25, 0.3) is 0 Å². The number of anilines is 1. The maximum Gasteiger partial charge on any atom is 0.233 e. The first-order valence-corrected chi connectivity index (χ1v) is 10.9. The van der Waals surface area contributed by atoms with Crippen molar-refractivity contribution in [2.75, 3.05) is 18.1 Å². The lowest BCUT2D eigenvalue weighted by atomic mass is 9.77. The summed E-state index contributed by atoms with van der Waals surface area (Å²) in [5.41, 5.74) is 2.19. The molecule has 0 aromatic heterocycles. The number of carbonyl (C=O) groups excluding carboxylic acids is 1. The Labute approximate surface area is 190 Å². The van der Waals surface area contributed by atoms with Crippen LogP contribution in [0, 0.1) is 17.6 Å². The van der Waals surface area contributed by atoms with E-state index in [4.69, 9.17) is 9.47 Å². The fourth-order valence-electron chi connectivity index (χ4n) is 4.73. The largest absolute Gasteiger partial charge is 0.508 e. The number of amides is 1. The van der Waals surface area contributed by atoms with Crippen LogP contribution in [0.1, 0.15) is 30.0 Å². The maximum atomic E-state index is 13.5. The summed E-state index contributed by atoms with van der Waals surface area (Å²) < 4.78 is 38.8. The predicted octanol–water partition coefficient (Wildman–Crippen LogP) is 5.05. The molecule has 0 saturated carbocycles. The summed E-state index contributed by atoms with van der Waals surface area (Å²) in [6.07, 6.45) is 0.889. The number of hydrogen-bond donors (Lipinski definition) is 1. The number of nitrogens with zero attached hydrogens (tertiary/aromatic N) is 1. The highest BCUT2D eigenvalue weighted by molar-refractivity contribution is 6.03. The second-order valence-corrected chi connectivity index (χ2v) is 8.32. The average molecular weight is 451 g/mol. The Morgan fingerprint density at radius 3 is 2.06 bits per heavy atom. The molecule has 2 heterocycles. The Morgan fingerprint density at radius 2 is 1.45 bits per heavy atom. The van der Waals surface area contributed by atoms with Gasteiger partial charge in [-0.05, 0) is 60.5 Å². The molecule has 5 nitrogen and oxygen atoms in total. The number of phenolic OH excluding ortho intramolecular Hbond substituents is 1. The molecule has 2 saturated heterocycles. The number of β-lactam (4-membered cyclic amide) rings is 1. The SMILES string of the molecule is O=C1C(CCC2(c3ccc(F)cc3)OCCO2)C(c2ccc(O)cc2)N1c1ccc(F)cc1. The molecule has 5 rings (SSSR count). The molecule has 0 spiro atoms. The Morgan fingerprint density at radius 1 is 0.879 bits per heavy atom. The minimum absolute atomic E-state index is 0.0769. The molecule has 7 heteroatoms. The summed E-state index contributed by atoms with van der Waals surface area (Å²) in [6, 6.07) is 18.3. The fourth-order valence-corrected chi connectivity index (χ4v) is 4.73. The first-order valence-electron chi connectivity index (χ1n) is 10.9. The summed E-state index contributed by atoms with van der Waals surface area (Å²) in [7, 11) is 0. The molecule has 1 N–H and O–H groups in total. The van der Waals surface area contributed by atoms with E-state index in [2.05, 4.69) is 0 Å². The molecule has 0 bridgehead atoms. The van der Waals surface area contributed by atoms with Crippen LogP contribution in [0.15, 0.2) is 72.8 Å². The van der Waals surface area contributed by atoms with Crippen molar-refractivity contribution >= 4 is 11.6 Å². The van der Waals surface area contributed by atoms with E-state index < -0.39 is 5.79 Å². The van der Waals surface area contributed by atoms with Gasteiger partial charge >= 0.3 is 0 Å². The summed E-state index contributed by atoms with van der Waals surface area (Å²) in [5, 5.41) is 9.70. The number of phenols is 1. The Kier molecular flexibility index (Phi) is 5.60. The van der Waals surface area contributed by atoms with Crippen LogP contribution in [-0.2, 0) is 20.1 Å². The lowest BCUT2D eigenvalue weighted by Crippen LogP contribution is -2.55. The quantitative estimate of drug-likeness (QED) is 0.533. The summed E-state index contributed by atoms with van der Waals surface area (Å²) in [4.78, 5) is 14.9. The number of ether oxygens (including phenoxy) is 2. The van der Waals surface area contributed by atoms with Gasteiger partial charge in [-0.3, -0.25) is 4.79 Å². The van der Waals surface area contributed by atoms with Crippen molar-refractivity contribution in [2.45, 2.75) is 24.7 Å². The minimum Gasteiger partial charge on any atom is -0.508 e. The third-order valence-electron chi connectivity index (χ3n) is 6.38. The first kappa shape index (κ1) is 21.6. The van der Waals surface area contributed by atoms with E-state index in [0.29, 0.717) is 37.3 Å².